The van der Waals surface area contributed by atoms with Gasteiger partial charge in [-0.1, -0.05) is 17.7 Å². The van der Waals surface area contributed by atoms with Crippen molar-refractivity contribution in [3.63, 3.8) is 0 Å². The van der Waals surface area contributed by atoms with Gasteiger partial charge in [0.25, 0.3) is 0 Å². The first-order valence-corrected chi connectivity index (χ1v) is 5.82. The number of aryl methyl sites for hydroxylation is 1. The molecule has 15 heavy (non-hydrogen) atoms. The highest BCUT2D eigenvalue weighted by atomic mass is 32.2. The molecule has 2 atom stereocenters. The lowest BCUT2D eigenvalue weighted by atomic mass is 10.2. The predicted molar refractivity (Wildman–Crippen MR) is 59.1 cm³/mol. The molecule has 0 aliphatic rings. The number of benzene rings is 1. The zero-order chi connectivity index (χ0) is 11.4. The van der Waals surface area contributed by atoms with Gasteiger partial charge in [-0.05, 0) is 26.0 Å². The first kappa shape index (κ1) is 11.9. The Kier molecular flexibility index (Phi) is 4.03. The monoisotopic (exact) mass is 226 g/mol. The van der Waals surface area contributed by atoms with Crippen LogP contribution < -0.4 is 0 Å². The van der Waals surface area contributed by atoms with E-state index < -0.39 is 22.0 Å². The fourth-order valence-electron chi connectivity index (χ4n) is 1.13. The van der Waals surface area contributed by atoms with E-state index >= 15 is 0 Å². The molecule has 0 radical (unpaired) electrons. The van der Waals surface area contributed by atoms with Gasteiger partial charge in [0.05, 0.1) is 17.9 Å². The smallest absolute Gasteiger partial charge is 0.321 e. The van der Waals surface area contributed by atoms with Crippen molar-refractivity contribution < 1.29 is 13.7 Å². The second-order valence-electron chi connectivity index (χ2n) is 3.28. The summed E-state index contributed by atoms with van der Waals surface area (Å²) in [6, 6.07) is 7.28. The lowest BCUT2D eigenvalue weighted by Gasteiger charge is -2.08. The topological polar surface area (TPSA) is 43.4 Å². The van der Waals surface area contributed by atoms with Crippen molar-refractivity contribution >= 4 is 16.8 Å². The Bertz CT molecular complexity index is 370. The van der Waals surface area contributed by atoms with E-state index in [1.165, 1.54) is 7.11 Å². The van der Waals surface area contributed by atoms with E-state index in [2.05, 4.69) is 4.74 Å². The maximum Gasteiger partial charge on any atom is 0.321 e. The van der Waals surface area contributed by atoms with Crippen molar-refractivity contribution in [1.82, 2.24) is 0 Å². The Hall–Kier alpha value is -1.16. The highest BCUT2D eigenvalue weighted by molar-refractivity contribution is 7.86. The van der Waals surface area contributed by atoms with Gasteiger partial charge < -0.3 is 4.74 Å². The molecule has 0 aromatic heterocycles. The summed E-state index contributed by atoms with van der Waals surface area (Å²) in [6.45, 7) is 3.55. The van der Waals surface area contributed by atoms with E-state index in [-0.39, 0.29) is 0 Å². The molecule has 0 aliphatic carbocycles. The molecule has 3 nitrogen and oxygen atoms in total. The molecule has 0 N–H and O–H groups in total. The third kappa shape index (κ3) is 2.89. The van der Waals surface area contributed by atoms with Crippen molar-refractivity contribution in [2.45, 2.75) is 24.0 Å². The normalized spacial score (nSPS) is 14.3. The van der Waals surface area contributed by atoms with Crippen LogP contribution in [0.15, 0.2) is 29.2 Å². The van der Waals surface area contributed by atoms with E-state index in [1.807, 2.05) is 19.1 Å². The van der Waals surface area contributed by atoms with Crippen molar-refractivity contribution in [2.75, 3.05) is 7.11 Å². The number of hydrogen-bond acceptors (Lipinski definition) is 3. The highest BCUT2D eigenvalue weighted by Gasteiger charge is 2.21. The second-order valence-corrected chi connectivity index (χ2v) is 5.05. The molecule has 0 fully saturated rings. The van der Waals surface area contributed by atoms with Crippen molar-refractivity contribution in [2.24, 2.45) is 0 Å². The molecule has 2 unspecified atom stereocenters. The van der Waals surface area contributed by atoms with E-state index in [4.69, 9.17) is 0 Å². The molecule has 1 aromatic rings. The number of methoxy groups -OCH3 is 1. The molecular weight excluding hydrogens is 212 g/mol. The summed E-state index contributed by atoms with van der Waals surface area (Å²) >= 11 is 0. The van der Waals surface area contributed by atoms with Crippen LogP contribution in [-0.2, 0) is 20.3 Å². The van der Waals surface area contributed by atoms with Crippen LogP contribution in [0.4, 0.5) is 0 Å². The number of esters is 1. The van der Waals surface area contributed by atoms with Crippen molar-refractivity contribution in [3.8, 4) is 0 Å². The summed E-state index contributed by atoms with van der Waals surface area (Å²) in [5.41, 5.74) is 1.10. The van der Waals surface area contributed by atoms with Gasteiger partial charge in [-0.3, -0.25) is 9.00 Å². The minimum atomic E-state index is -1.34. The van der Waals surface area contributed by atoms with Crippen LogP contribution in [0, 0.1) is 6.92 Å². The molecule has 82 valence electrons. The minimum absolute atomic E-state index is 0.450. The van der Waals surface area contributed by atoms with Crippen LogP contribution in [-0.4, -0.2) is 22.5 Å². The van der Waals surface area contributed by atoms with E-state index in [0.717, 1.165) is 5.56 Å². The summed E-state index contributed by atoms with van der Waals surface area (Å²) in [5.74, 6) is -0.450. The molecule has 0 aliphatic heterocycles. The summed E-state index contributed by atoms with van der Waals surface area (Å²) in [6.07, 6.45) is 0. The lowest BCUT2D eigenvalue weighted by molar-refractivity contribution is -0.139. The fourth-order valence-corrected chi connectivity index (χ4v) is 2.21. The third-order valence-electron chi connectivity index (χ3n) is 2.11. The van der Waals surface area contributed by atoms with Gasteiger partial charge in [0, 0.05) is 4.90 Å². The quantitative estimate of drug-likeness (QED) is 0.736. The number of ether oxygens (including phenoxy) is 1. The van der Waals surface area contributed by atoms with Gasteiger partial charge in [0.2, 0.25) is 0 Å². The summed E-state index contributed by atoms with van der Waals surface area (Å²) in [5, 5.41) is -0.627. The SMILES string of the molecule is COC(=O)C(C)S(=O)c1ccc(C)cc1. The van der Waals surface area contributed by atoms with Crippen molar-refractivity contribution in [1.29, 1.82) is 0 Å². The van der Waals surface area contributed by atoms with Crippen LogP contribution in [0.5, 0.6) is 0 Å². The summed E-state index contributed by atoms with van der Waals surface area (Å²) in [4.78, 5) is 11.8. The molecule has 1 aromatic carbocycles. The average molecular weight is 226 g/mol. The number of carbonyl (C=O) groups excluding carboxylic acids is 1. The second kappa shape index (κ2) is 5.07. The number of hydrogen-bond donors (Lipinski definition) is 0. The van der Waals surface area contributed by atoms with Gasteiger partial charge in [0.1, 0.15) is 5.25 Å². The third-order valence-corrected chi connectivity index (χ3v) is 3.68. The predicted octanol–water partition coefficient (Wildman–Crippen LogP) is 1.66. The molecule has 4 heteroatoms. The standard InChI is InChI=1S/C11H14O3S/c1-8-4-6-10(7-5-8)15(13)9(2)11(12)14-3/h4-7,9H,1-3H3. The van der Waals surface area contributed by atoms with Gasteiger partial charge >= 0.3 is 5.97 Å². The van der Waals surface area contributed by atoms with Crippen molar-refractivity contribution in [3.05, 3.63) is 29.8 Å². The van der Waals surface area contributed by atoms with Crippen LogP contribution in [0.1, 0.15) is 12.5 Å². The zero-order valence-corrected chi connectivity index (χ0v) is 9.84. The van der Waals surface area contributed by atoms with Gasteiger partial charge in [-0.25, -0.2) is 0 Å². The molecule has 0 bridgehead atoms. The molecular formula is C11H14O3S. The van der Waals surface area contributed by atoms with Gasteiger partial charge in [-0.2, -0.15) is 0 Å². The zero-order valence-electron chi connectivity index (χ0n) is 9.02. The lowest BCUT2D eigenvalue weighted by Crippen LogP contribution is -2.23. The van der Waals surface area contributed by atoms with Gasteiger partial charge in [-0.15, -0.1) is 0 Å². The van der Waals surface area contributed by atoms with E-state index in [1.54, 1.807) is 19.1 Å². The molecule has 1 rings (SSSR count). The minimum Gasteiger partial charge on any atom is -0.468 e. The molecule has 0 spiro atoms. The highest BCUT2D eigenvalue weighted by Crippen LogP contribution is 2.13. The Balaban J connectivity index is 2.85. The van der Waals surface area contributed by atoms with E-state index in [0.29, 0.717) is 4.90 Å². The first-order chi connectivity index (χ1) is 7.06. The maximum atomic E-state index is 11.9. The summed E-state index contributed by atoms with van der Waals surface area (Å²) in [7, 11) is -0.0441. The summed E-state index contributed by atoms with van der Waals surface area (Å²) < 4.78 is 16.4. The molecule has 0 saturated heterocycles. The average Bonchev–Trinajstić information content (AvgIpc) is 2.27. The van der Waals surface area contributed by atoms with Crippen LogP contribution in [0.2, 0.25) is 0 Å². The fraction of sp³-hybridized carbons (Fsp3) is 0.364. The Morgan fingerprint density at radius 3 is 2.33 bits per heavy atom. The van der Waals surface area contributed by atoms with Crippen LogP contribution >= 0.6 is 0 Å². The van der Waals surface area contributed by atoms with E-state index in [9.17, 15) is 9.00 Å². The van der Waals surface area contributed by atoms with Crippen LogP contribution in [0.3, 0.4) is 0 Å². The van der Waals surface area contributed by atoms with Gasteiger partial charge in [0.15, 0.2) is 0 Å². The number of carbonyl (C=O) groups is 1. The Morgan fingerprint density at radius 2 is 1.87 bits per heavy atom. The largest absolute Gasteiger partial charge is 0.468 e. The molecule has 0 saturated carbocycles. The first-order valence-electron chi connectivity index (χ1n) is 4.61. The molecule has 0 heterocycles. The van der Waals surface area contributed by atoms with Crippen LogP contribution in [0.25, 0.3) is 0 Å². The Labute approximate surface area is 91.9 Å². The number of rotatable bonds is 3. The molecule has 0 amide bonds. The Morgan fingerprint density at radius 1 is 1.33 bits per heavy atom. The maximum absolute atomic E-state index is 11.9.